The zero-order chi connectivity index (χ0) is 20.1. The van der Waals surface area contributed by atoms with E-state index < -0.39 is 0 Å². The van der Waals surface area contributed by atoms with Gasteiger partial charge < -0.3 is 14.5 Å². The van der Waals surface area contributed by atoms with Gasteiger partial charge >= 0.3 is 0 Å². The Bertz CT molecular complexity index is 1120. The first-order valence-electron chi connectivity index (χ1n) is 9.42. The van der Waals surface area contributed by atoms with Crippen LogP contribution < -0.4 is 10.1 Å². The van der Waals surface area contributed by atoms with Gasteiger partial charge in [-0.25, -0.2) is 4.39 Å². The SMILES string of the molecule is O=C(NCCc1ccccc1F)c1oc2ccccc2c1COc1ccccc1. The molecule has 0 fully saturated rings. The molecule has 1 aromatic heterocycles. The monoisotopic (exact) mass is 389 g/mol. The number of carbonyl (C=O) groups is 1. The van der Waals surface area contributed by atoms with E-state index in [0.717, 1.165) is 5.39 Å². The summed E-state index contributed by atoms with van der Waals surface area (Å²) in [6.07, 6.45) is 0.397. The first-order chi connectivity index (χ1) is 14.2. The molecule has 1 heterocycles. The molecule has 5 heteroatoms. The normalized spacial score (nSPS) is 10.8. The minimum Gasteiger partial charge on any atom is -0.489 e. The van der Waals surface area contributed by atoms with E-state index >= 15 is 0 Å². The van der Waals surface area contributed by atoms with Gasteiger partial charge in [0, 0.05) is 17.5 Å². The maximum Gasteiger partial charge on any atom is 0.287 e. The zero-order valence-electron chi connectivity index (χ0n) is 15.7. The molecule has 0 saturated carbocycles. The van der Waals surface area contributed by atoms with Gasteiger partial charge in [-0.1, -0.05) is 54.6 Å². The van der Waals surface area contributed by atoms with Gasteiger partial charge in [0.15, 0.2) is 5.76 Å². The van der Waals surface area contributed by atoms with Crippen LogP contribution in [0, 0.1) is 5.82 Å². The summed E-state index contributed by atoms with van der Waals surface area (Å²) in [6.45, 7) is 0.507. The predicted octanol–water partition coefficient (Wildman–Crippen LogP) is 5.12. The highest BCUT2D eigenvalue weighted by Gasteiger charge is 2.21. The Morgan fingerprint density at radius 3 is 2.48 bits per heavy atom. The molecule has 4 aromatic rings. The van der Waals surface area contributed by atoms with Crippen molar-refractivity contribution in [2.45, 2.75) is 13.0 Å². The number of ether oxygens (including phenoxy) is 1. The standard InChI is InChI=1S/C24H20FNO3/c25-21-12-6-4-8-17(21)14-15-26-24(27)23-20(16-28-18-9-2-1-3-10-18)19-11-5-7-13-22(19)29-23/h1-13H,14-16H2,(H,26,27). The van der Waals surface area contributed by atoms with Crippen LogP contribution in [0.2, 0.25) is 0 Å². The van der Waals surface area contributed by atoms with E-state index in [1.165, 1.54) is 6.07 Å². The molecule has 0 aliphatic carbocycles. The van der Waals surface area contributed by atoms with E-state index in [1.54, 1.807) is 18.2 Å². The van der Waals surface area contributed by atoms with Crippen LogP contribution in [0.3, 0.4) is 0 Å². The highest BCUT2D eigenvalue weighted by molar-refractivity contribution is 5.99. The molecular formula is C24H20FNO3. The van der Waals surface area contributed by atoms with Gasteiger partial charge in [0.2, 0.25) is 0 Å². The molecule has 0 aliphatic heterocycles. The molecule has 1 N–H and O–H groups in total. The molecule has 0 unspecified atom stereocenters. The Labute approximate surface area is 167 Å². The van der Waals surface area contributed by atoms with Gasteiger partial charge in [0.1, 0.15) is 23.8 Å². The maximum atomic E-state index is 13.8. The van der Waals surface area contributed by atoms with Crippen molar-refractivity contribution in [2.24, 2.45) is 0 Å². The van der Waals surface area contributed by atoms with Crippen LogP contribution in [0.1, 0.15) is 21.7 Å². The van der Waals surface area contributed by atoms with E-state index in [0.29, 0.717) is 35.4 Å². The Hall–Kier alpha value is -3.60. The predicted molar refractivity (Wildman–Crippen MR) is 109 cm³/mol. The molecule has 0 radical (unpaired) electrons. The Balaban J connectivity index is 1.51. The lowest BCUT2D eigenvalue weighted by atomic mass is 10.1. The Morgan fingerprint density at radius 1 is 0.931 bits per heavy atom. The lowest BCUT2D eigenvalue weighted by Crippen LogP contribution is -2.26. The van der Waals surface area contributed by atoms with E-state index in [1.807, 2.05) is 54.6 Å². The molecule has 29 heavy (non-hydrogen) atoms. The molecule has 0 aliphatic rings. The first kappa shape index (κ1) is 18.7. The van der Waals surface area contributed by atoms with Gasteiger partial charge in [0.05, 0.1) is 0 Å². The van der Waals surface area contributed by atoms with Crippen molar-refractivity contribution in [3.8, 4) is 5.75 Å². The van der Waals surface area contributed by atoms with Gasteiger partial charge in [0.25, 0.3) is 5.91 Å². The molecule has 4 rings (SSSR count). The summed E-state index contributed by atoms with van der Waals surface area (Å²) in [5.74, 6) is 0.311. The number of nitrogens with one attached hydrogen (secondary N) is 1. The largest absolute Gasteiger partial charge is 0.489 e. The summed E-state index contributed by atoms with van der Waals surface area (Å²) in [7, 11) is 0. The lowest BCUT2D eigenvalue weighted by molar-refractivity contribution is 0.0925. The van der Waals surface area contributed by atoms with Crippen molar-refractivity contribution in [3.63, 3.8) is 0 Å². The van der Waals surface area contributed by atoms with Gasteiger partial charge in [-0.15, -0.1) is 0 Å². The van der Waals surface area contributed by atoms with Crippen molar-refractivity contribution in [1.82, 2.24) is 5.32 Å². The molecule has 3 aromatic carbocycles. The molecule has 0 atom stereocenters. The van der Waals surface area contributed by atoms with E-state index in [2.05, 4.69) is 5.32 Å². The summed E-state index contributed by atoms with van der Waals surface area (Å²) in [5, 5.41) is 3.66. The molecule has 0 bridgehead atoms. The number of furan rings is 1. The van der Waals surface area contributed by atoms with Crippen LogP contribution >= 0.6 is 0 Å². The van der Waals surface area contributed by atoms with Crippen molar-refractivity contribution in [1.29, 1.82) is 0 Å². The highest BCUT2D eigenvalue weighted by Crippen LogP contribution is 2.27. The second kappa shape index (κ2) is 8.61. The van der Waals surface area contributed by atoms with Crippen molar-refractivity contribution < 1.29 is 18.3 Å². The third kappa shape index (κ3) is 4.29. The summed E-state index contributed by atoms with van der Waals surface area (Å²) >= 11 is 0. The quantitative estimate of drug-likeness (QED) is 0.477. The molecule has 0 spiro atoms. The maximum absolute atomic E-state index is 13.8. The van der Waals surface area contributed by atoms with Crippen molar-refractivity contribution >= 4 is 16.9 Å². The highest BCUT2D eigenvalue weighted by atomic mass is 19.1. The number of benzene rings is 3. The van der Waals surface area contributed by atoms with Gasteiger partial charge in [-0.05, 0) is 36.2 Å². The topological polar surface area (TPSA) is 51.5 Å². The van der Waals surface area contributed by atoms with Gasteiger partial charge in [-0.3, -0.25) is 4.79 Å². The van der Waals surface area contributed by atoms with E-state index in [4.69, 9.17) is 9.15 Å². The van der Waals surface area contributed by atoms with Gasteiger partial charge in [-0.2, -0.15) is 0 Å². The number of fused-ring (bicyclic) bond motifs is 1. The molecular weight excluding hydrogens is 369 g/mol. The molecule has 1 amide bonds. The second-order valence-electron chi connectivity index (χ2n) is 6.60. The van der Waals surface area contributed by atoms with Crippen LogP contribution in [-0.4, -0.2) is 12.5 Å². The average molecular weight is 389 g/mol. The number of carbonyl (C=O) groups excluding carboxylic acids is 1. The van der Waals surface area contributed by atoms with Crippen LogP contribution in [0.15, 0.2) is 83.3 Å². The summed E-state index contributed by atoms with van der Waals surface area (Å²) < 4.78 is 25.4. The third-order valence-electron chi connectivity index (χ3n) is 4.67. The smallest absolute Gasteiger partial charge is 0.287 e. The number of rotatable bonds is 7. The molecule has 146 valence electrons. The molecule has 4 nitrogen and oxygen atoms in total. The summed E-state index contributed by atoms with van der Waals surface area (Å²) in [6, 6.07) is 23.4. The fourth-order valence-electron chi connectivity index (χ4n) is 3.19. The summed E-state index contributed by atoms with van der Waals surface area (Å²) in [5.41, 5.74) is 1.87. The minimum atomic E-state index is -0.343. The number of hydrogen-bond acceptors (Lipinski definition) is 3. The number of amides is 1. The van der Waals surface area contributed by atoms with E-state index in [-0.39, 0.29) is 24.1 Å². The number of hydrogen-bond donors (Lipinski definition) is 1. The Kier molecular flexibility index (Phi) is 5.56. The third-order valence-corrected chi connectivity index (χ3v) is 4.67. The fraction of sp³-hybridized carbons (Fsp3) is 0.125. The zero-order valence-corrected chi connectivity index (χ0v) is 15.7. The van der Waals surface area contributed by atoms with Crippen LogP contribution in [0.25, 0.3) is 11.0 Å². The lowest BCUT2D eigenvalue weighted by Gasteiger charge is -2.08. The van der Waals surface area contributed by atoms with Crippen LogP contribution in [-0.2, 0) is 13.0 Å². The van der Waals surface area contributed by atoms with E-state index in [9.17, 15) is 9.18 Å². The second-order valence-corrected chi connectivity index (χ2v) is 6.60. The van der Waals surface area contributed by atoms with Crippen LogP contribution in [0.4, 0.5) is 4.39 Å². The van der Waals surface area contributed by atoms with Crippen molar-refractivity contribution in [2.75, 3.05) is 6.54 Å². The average Bonchev–Trinajstić information content (AvgIpc) is 3.13. The van der Waals surface area contributed by atoms with Crippen molar-refractivity contribution in [3.05, 3.63) is 102 Å². The minimum absolute atomic E-state index is 0.205. The number of halogens is 1. The van der Waals surface area contributed by atoms with Crippen LogP contribution in [0.5, 0.6) is 5.75 Å². The summed E-state index contributed by atoms with van der Waals surface area (Å²) in [4.78, 5) is 12.8. The molecule has 0 saturated heterocycles. The Morgan fingerprint density at radius 2 is 1.66 bits per heavy atom. The number of para-hydroxylation sites is 2. The first-order valence-corrected chi connectivity index (χ1v) is 9.42. The fourth-order valence-corrected chi connectivity index (χ4v) is 3.19.